The van der Waals surface area contributed by atoms with E-state index in [2.05, 4.69) is 74.2 Å². The van der Waals surface area contributed by atoms with Gasteiger partial charge in [0.15, 0.2) is 0 Å². The fourth-order valence-corrected chi connectivity index (χ4v) is 4.01. The molecule has 2 nitrogen and oxygen atoms in total. The van der Waals surface area contributed by atoms with Crippen molar-refractivity contribution in [2.24, 2.45) is 0 Å². The molecule has 0 fully saturated rings. The summed E-state index contributed by atoms with van der Waals surface area (Å²) in [6.45, 7) is 0. The van der Waals surface area contributed by atoms with Crippen LogP contribution in [0.5, 0.6) is 0 Å². The Morgan fingerprint density at radius 1 is 0.714 bits per heavy atom. The molecule has 0 amide bonds. The molecule has 2 heterocycles. The highest BCUT2D eigenvalue weighted by atomic mass is 127. The van der Waals surface area contributed by atoms with Gasteiger partial charge in [-0.2, -0.15) is 0 Å². The first-order valence-electron chi connectivity index (χ1n) is 6.84. The quantitative estimate of drug-likeness (QED) is 0.305. The molecule has 3 aromatic carbocycles. The Bertz CT molecular complexity index is 1150. The number of aromatic nitrogens is 1. The molecular formula is C18H10INO. The molecule has 0 saturated heterocycles. The van der Waals surface area contributed by atoms with E-state index in [1.54, 1.807) is 0 Å². The summed E-state index contributed by atoms with van der Waals surface area (Å²) in [6.07, 6.45) is 0. The van der Waals surface area contributed by atoms with Gasteiger partial charge >= 0.3 is 0 Å². The largest absolute Gasteiger partial charge is 0.455 e. The Kier molecular flexibility index (Phi) is 2.22. The molecular weight excluding hydrogens is 373 g/mol. The summed E-state index contributed by atoms with van der Waals surface area (Å²) in [4.78, 5) is 0. The van der Waals surface area contributed by atoms with Crippen molar-refractivity contribution in [1.82, 2.24) is 2.78 Å². The third-order valence-corrected chi connectivity index (χ3v) is 5.16. The first kappa shape index (κ1) is 11.6. The van der Waals surface area contributed by atoms with Crippen LogP contribution in [0.4, 0.5) is 0 Å². The standard InChI is InChI=1S/C18H10INO/c19-20-14-7-3-1-6-13(14)17-15(20)10-9-12-11-5-2-4-8-16(11)21-18(12)17/h1-10H. The Morgan fingerprint density at radius 3 is 2.38 bits per heavy atom. The van der Waals surface area contributed by atoms with E-state index in [1.165, 1.54) is 32.6 Å². The molecule has 2 aromatic heterocycles. The topological polar surface area (TPSA) is 18.1 Å². The first-order chi connectivity index (χ1) is 10.3. The van der Waals surface area contributed by atoms with Gasteiger partial charge in [-0.05, 0) is 24.3 Å². The van der Waals surface area contributed by atoms with Crippen LogP contribution in [0.25, 0.3) is 43.7 Å². The maximum absolute atomic E-state index is 6.17. The van der Waals surface area contributed by atoms with E-state index in [0.29, 0.717) is 0 Å². The van der Waals surface area contributed by atoms with Gasteiger partial charge in [0.1, 0.15) is 11.2 Å². The highest BCUT2D eigenvalue weighted by Crippen LogP contribution is 2.39. The number of halogens is 1. The van der Waals surface area contributed by atoms with Crippen LogP contribution in [-0.4, -0.2) is 2.78 Å². The van der Waals surface area contributed by atoms with E-state index in [0.717, 1.165) is 11.2 Å². The van der Waals surface area contributed by atoms with Crippen molar-refractivity contribution >= 4 is 66.6 Å². The molecule has 0 aliphatic heterocycles. The zero-order valence-electron chi connectivity index (χ0n) is 11.0. The molecule has 0 spiro atoms. The zero-order chi connectivity index (χ0) is 14.0. The fraction of sp³-hybridized carbons (Fsp3) is 0. The summed E-state index contributed by atoms with van der Waals surface area (Å²) in [5.41, 5.74) is 4.36. The maximum Gasteiger partial charge on any atom is 0.145 e. The summed E-state index contributed by atoms with van der Waals surface area (Å²) in [5, 5.41) is 4.81. The van der Waals surface area contributed by atoms with Crippen LogP contribution in [0.3, 0.4) is 0 Å². The van der Waals surface area contributed by atoms with Crippen molar-refractivity contribution in [3.8, 4) is 0 Å². The maximum atomic E-state index is 6.17. The van der Waals surface area contributed by atoms with Crippen molar-refractivity contribution in [1.29, 1.82) is 0 Å². The third kappa shape index (κ3) is 1.42. The van der Waals surface area contributed by atoms with Crippen molar-refractivity contribution in [2.75, 3.05) is 0 Å². The highest BCUT2D eigenvalue weighted by molar-refractivity contribution is 14.1. The number of hydrogen-bond donors (Lipinski definition) is 0. The number of nitrogens with zero attached hydrogens (tertiary/aromatic N) is 1. The Balaban J connectivity index is 2.16. The zero-order valence-corrected chi connectivity index (χ0v) is 13.2. The van der Waals surface area contributed by atoms with E-state index >= 15 is 0 Å². The molecule has 100 valence electrons. The molecule has 0 atom stereocenters. The van der Waals surface area contributed by atoms with Crippen LogP contribution in [0.2, 0.25) is 0 Å². The second kappa shape index (κ2) is 4.01. The number of benzene rings is 3. The Morgan fingerprint density at radius 2 is 1.48 bits per heavy atom. The Labute approximate surface area is 134 Å². The molecule has 0 radical (unpaired) electrons. The molecule has 5 aromatic rings. The summed E-state index contributed by atoms with van der Waals surface area (Å²) in [5.74, 6) is 0. The normalized spacial score (nSPS) is 12.0. The monoisotopic (exact) mass is 383 g/mol. The SMILES string of the molecule is In1c2ccccc2c2c3oc4ccccc4c3ccc21. The van der Waals surface area contributed by atoms with Gasteiger partial charge in [-0.1, -0.05) is 36.4 Å². The van der Waals surface area contributed by atoms with Crippen molar-refractivity contribution in [3.05, 3.63) is 60.7 Å². The highest BCUT2D eigenvalue weighted by Gasteiger charge is 2.15. The van der Waals surface area contributed by atoms with E-state index < -0.39 is 0 Å². The van der Waals surface area contributed by atoms with Gasteiger partial charge in [-0.3, -0.25) is 2.78 Å². The molecule has 0 aliphatic rings. The number of rotatable bonds is 0. The van der Waals surface area contributed by atoms with Crippen LogP contribution in [-0.2, 0) is 0 Å². The first-order valence-corrected chi connectivity index (χ1v) is 7.80. The summed E-state index contributed by atoms with van der Waals surface area (Å²) in [7, 11) is 0. The van der Waals surface area contributed by atoms with Crippen molar-refractivity contribution in [3.63, 3.8) is 0 Å². The van der Waals surface area contributed by atoms with Crippen LogP contribution < -0.4 is 0 Å². The molecule has 5 rings (SSSR count). The van der Waals surface area contributed by atoms with E-state index in [9.17, 15) is 0 Å². The average molecular weight is 383 g/mol. The molecule has 3 heteroatoms. The average Bonchev–Trinajstić information content (AvgIpc) is 3.04. The number of para-hydroxylation sites is 2. The van der Waals surface area contributed by atoms with Gasteiger partial charge in [0.05, 0.1) is 39.3 Å². The van der Waals surface area contributed by atoms with Crippen LogP contribution >= 0.6 is 22.9 Å². The Hall–Kier alpha value is -2.01. The van der Waals surface area contributed by atoms with E-state index in [4.69, 9.17) is 4.42 Å². The lowest BCUT2D eigenvalue weighted by atomic mass is 10.1. The molecule has 0 aliphatic carbocycles. The van der Waals surface area contributed by atoms with Gasteiger partial charge in [0, 0.05) is 16.2 Å². The van der Waals surface area contributed by atoms with Crippen LogP contribution in [0, 0.1) is 0 Å². The van der Waals surface area contributed by atoms with Gasteiger partial charge in [0.25, 0.3) is 0 Å². The third-order valence-electron chi connectivity index (χ3n) is 4.12. The lowest BCUT2D eigenvalue weighted by Gasteiger charge is -1.95. The lowest BCUT2D eigenvalue weighted by molar-refractivity contribution is 0.673. The molecule has 0 N–H and O–H groups in total. The number of furan rings is 1. The van der Waals surface area contributed by atoms with Gasteiger partial charge in [-0.25, -0.2) is 0 Å². The molecule has 0 saturated carbocycles. The van der Waals surface area contributed by atoms with Gasteiger partial charge in [-0.15, -0.1) is 0 Å². The molecule has 0 bridgehead atoms. The fourth-order valence-electron chi connectivity index (χ4n) is 3.19. The van der Waals surface area contributed by atoms with Gasteiger partial charge < -0.3 is 4.42 Å². The van der Waals surface area contributed by atoms with Crippen molar-refractivity contribution in [2.45, 2.75) is 0 Å². The lowest BCUT2D eigenvalue weighted by Crippen LogP contribution is -1.76. The second-order valence-corrected chi connectivity index (χ2v) is 6.20. The predicted octanol–water partition coefficient (Wildman–Crippen LogP) is 5.89. The van der Waals surface area contributed by atoms with Crippen LogP contribution in [0.1, 0.15) is 0 Å². The molecule has 0 unspecified atom stereocenters. The second-order valence-electron chi connectivity index (χ2n) is 5.23. The van der Waals surface area contributed by atoms with Crippen LogP contribution in [0.15, 0.2) is 65.1 Å². The summed E-state index contributed by atoms with van der Waals surface area (Å²) >= 11 is 2.36. The van der Waals surface area contributed by atoms with E-state index in [-0.39, 0.29) is 0 Å². The van der Waals surface area contributed by atoms with Crippen molar-refractivity contribution < 1.29 is 4.42 Å². The number of fused-ring (bicyclic) bond motifs is 7. The summed E-state index contributed by atoms with van der Waals surface area (Å²) in [6, 6.07) is 21.1. The predicted molar refractivity (Wildman–Crippen MR) is 96.1 cm³/mol. The minimum atomic E-state index is 0.949. The smallest absolute Gasteiger partial charge is 0.145 e. The number of hydrogen-bond acceptors (Lipinski definition) is 1. The van der Waals surface area contributed by atoms with Gasteiger partial charge in [0.2, 0.25) is 0 Å². The minimum absolute atomic E-state index is 0.949. The van der Waals surface area contributed by atoms with E-state index in [1.807, 2.05) is 12.1 Å². The minimum Gasteiger partial charge on any atom is -0.455 e. The molecule has 21 heavy (non-hydrogen) atoms. The summed E-state index contributed by atoms with van der Waals surface area (Å²) < 4.78 is 8.37.